The second kappa shape index (κ2) is 9.29. The summed E-state index contributed by atoms with van der Waals surface area (Å²) in [6.45, 7) is 0. The highest BCUT2D eigenvalue weighted by molar-refractivity contribution is 5.95. The molecule has 0 aromatic heterocycles. The van der Waals surface area contributed by atoms with Gasteiger partial charge in [0.15, 0.2) is 0 Å². The normalized spacial score (nSPS) is 12.3. The molecule has 0 heterocycles. The zero-order valence-electron chi connectivity index (χ0n) is 15.0. The van der Waals surface area contributed by atoms with Gasteiger partial charge in [0.05, 0.1) is 0 Å². The summed E-state index contributed by atoms with van der Waals surface area (Å²) in [5.41, 5.74) is 1.90. The quantitative estimate of drug-likeness (QED) is 0.454. The Morgan fingerprint density at radius 2 is 1.30 bits per heavy atom. The summed E-state index contributed by atoms with van der Waals surface area (Å²) >= 11 is 0. The molecule has 2 aromatic carbocycles. The van der Waals surface area contributed by atoms with Crippen LogP contribution in [0.5, 0.6) is 0 Å². The predicted octanol–water partition coefficient (Wildman–Crippen LogP) is 5.47. The summed E-state index contributed by atoms with van der Waals surface area (Å²) in [5, 5.41) is 5.15. The molecule has 0 spiro atoms. The highest BCUT2D eigenvalue weighted by Gasteiger charge is 2.36. The van der Waals surface area contributed by atoms with E-state index in [-0.39, 0.29) is 0 Å². The molecule has 30 heavy (non-hydrogen) atoms. The van der Waals surface area contributed by atoms with Crippen molar-refractivity contribution in [2.24, 2.45) is 0 Å². The maximum Gasteiger partial charge on any atom is 0.454 e. The fourth-order valence-corrected chi connectivity index (χ4v) is 2.25. The van der Waals surface area contributed by atoms with Gasteiger partial charge in [-0.15, -0.1) is 0 Å². The number of ketones is 2. The molecule has 0 unspecified atom stereocenters. The molecule has 0 aliphatic rings. The summed E-state index contributed by atoms with van der Waals surface area (Å²) in [4.78, 5) is 21.7. The molecule has 0 saturated heterocycles. The van der Waals surface area contributed by atoms with Crippen LogP contribution < -0.4 is 10.6 Å². The fraction of sp³-hybridized carbons (Fsp3) is 0.100. The molecule has 2 N–H and O–H groups in total. The third-order valence-corrected chi connectivity index (χ3v) is 3.62. The second-order valence-electron chi connectivity index (χ2n) is 5.81. The zero-order valence-corrected chi connectivity index (χ0v) is 15.0. The van der Waals surface area contributed by atoms with Crippen LogP contribution in [0.2, 0.25) is 0 Å². The largest absolute Gasteiger partial charge is 0.454 e. The van der Waals surface area contributed by atoms with Crippen molar-refractivity contribution < 1.29 is 35.9 Å². The zero-order chi connectivity index (χ0) is 22.4. The van der Waals surface area contributed by atoms with Crippen LogP contribution in [-0.2, 0) is 9.59 Å². The summed E-state index contributed by atoms with van der Waals surface area (Å²) < 4.78 is 73.4. The molecule has 0 aliphatic heterocycles. The molecule has 0 radical (unpaired) electrons. The minimum Gasteiger partial charge on any atom is -0.362 e. The Bertz CT molecular complexity index is 978. The lowest BCUT2D eigenvalue weighted by atomic mass is 10.0. The minimum absolute atomic E-state index is 0.352. The minimum atomic E-state index is -4.97. The van der Waals surface area contributed by atoms with E-state index in [2.05, 4.69) is 10.6 Å². The summed E-state index contributed by atoms with van der Waals surface area (Å²) in [6, 6.07) is 12.9. The van der Waals surface area contributed by atoms with Gasteiger partial charge in [0.2, 0.25) is 0 Å². The lowest BCUT2D eigenvalue weighted by Gasteiger charge is -2.11. The van der Waals surface area contributed by atoms with Crippen LogP contribution >= 0.6 is 0 Å². The van der Waals surface area contributed by atoms with Gasteiger partial charge in [-0.3, -0.25) is 9.59 Å². The monoisotopic (exact) mass is 428 g/mol. The van der Waals surface area contributed by atoms with Gasteiger partial charge in [-0.2, -0.15) is 26.3 Å². The van der Waals surface area contributed by atoms with E-state index in [9.17, 15) is 35.9 Å². The summed E-state index contributed by atoms with van der Waals surface area (Å²) in [7, 11) is 0. The number of carbonyl (C=O) groups is 2. The summed E-state index contributed by atoms with van der Waals surface area (Å²) in [5.74, 6) is -4.03. The van der Waals surface area contributed by atoms with Crippen molar-refractivity contribution in [2.45, 2.75) is 12.4 Å². The van der Waals surface area contributed by atoms with Crippen LogP contribution in [-0.4, -0.2) is 23.9 Å². The smallest absolute Gasteiger partial charge is 0.362 e. The molecular formula is C20H14F6N2O2. The molecule has 2 aromatic rings. The van der Waals surface area contributed by atoms with Crippen molar-refractivity contribution in [1.29, 1.82) is 0 Å². The van der Waals surface area contributed by atoms with Crippen LogP contribution in [0.3, 0.4) is 0 Å². The number of hydrogen-bond donors (Lipinski definition) is 2. The van der Waals surface area contributed by atoms with Crippen molar-refractivity contribution >= 4 is 22.9 Å². The average Bonchev–Trinajstić information content (AvgIpc) is 2.67. The third kappa shape index (κ3) is 6.50. The van der Waals surface area contributed by atoms with Crippen molar-refractivity contribution in [2.75, 3.05) is 10.6 Å². The molecule has 0 amide bonds. The Morgan fingerprint density at radius 3 is 1.90 bits per heavy atom. The topological polar surface area (TPSA) is 58.2 Å². The van der Waals surface area contributed by atoms with Crippen LogP contribution in [0.15, 0.2) is 73.1 Å². The number of benzene rings is 2. The maximum atomic E-state index is 12.3. The van der Waals surface area contributed by atoms with Crippen LogP contribution in [0.1, 0.15) is 0 Å². The van der Waals surface area contributed by atoms with Gasteiger partial charge in [0.25, 0.3) is 11.6 Å². The Morgan fingerprint density at radius 1 is 0.733 bits per heavy atom. The van der Waals surface area contributed by atoms with Crippen molar-refractivity contribution in [3.05, 3.63) is 73.1 Å². The molecule has 2 rings (SSSR count). The number of allylic oxidation sites excluding steroid dienone is 2. The van der Waals surface area contributed by atoms with Crippen molar-refractivity contribution in [3.63, 3.8) is 0 Å². The van der Waals surface area contributed by atoms with Gasteiger partial charge in [-0.05, 0) is 23.8 Å². The molecule has 4 nitrogen and oxygen atoms in total. The van der Waals surface area contributed by atoms with E-state index in [0.717, 1.165) is 12.4 Å². The van der Waals surface area contributed by atoms with Gasteiger partial charge in [0, 0.05) is 41.5 Å². The van der Waals surface area contributed by atoms with Crippen molar-refractivity contribution in [3.8, 4) is 11.1 Å². The molecule has 0 bridgehead atoms. The predicted molar refractivity (Wildman–Crippen MR) is 99.5 cm³/mol. The lowest BCUT2D eigenvalue weighted by Crippen LogP contribution is -2.20. The molecule has 10 heteroatoms. The van der Waals surface area contributed by atoms with Gasteiger partial charge >= 0.3 is 12.4 Å². The number of rotatable bonds is 7. The standard InChI is InChI=1S/C20H14F6N2O2/c21-19(22,23)17(29)8-10-27-14-5-3-4-13(12-14)15-6-1-2-7-16(15)28-11-9-18(30)20(24,25)26/h1-12,27-28H. The van der Waals surface area contributed by atoms with Crippen LogP contribution in [0.4, 0.5) is 37.7 Å². The molecule has 0 fully saturated rings. The van der Waals surface area contributed by atoms with Gasteiger partial charge in [0.1, 0.15) is 0 Å². The number of hydrogen-bond acceptors (Lipinski definition) is 4. The first-order valence-corrected chi connectivity index (χ1v) is 8.26. The Balaban J connectivity index is 2.18. The highest BCUT2D eigenvalue weighted by atomic mass is 19.4. The van der Waals surface area contributed by atoms with E-state index < -0.39 is 23.9 Å². The number of para-hydroxylation sites is 1. The second-order valence-corrected chi connectivity index (χ2v) is 5.81. The number of anilines is 2. The van der Waals surface area contributed by atoms with Gasteiger partial charge in [-0.1, -0.05) is 30.3 Å². The van der Waals surface area contributed by atoms with Crippen LogP contribution in [0.25, 0.3) is 11.1 Å². The molecule has 158 valence electrons. The Kier molecular flexibility index (Phi) is 7.04. The van der Waals surface area contributed by atoms with E-state index in [0.29, 0.717) is 34.7 Å². The van der Waals surface area contributed by atoms with E-state index in [1.54, 1.807) is 48.5 Å². The number of alkyl halides is 6. The van der Waals surface area contributed by atoms with E-state index >= 15 is 0 Å². The Labute approximate surface area is 166 Å². The van der Waals surface area contributed by atoms with Crippen LogP contribution in [0, 0.1) is 0 Å². The molecular weight excluding hydrogens is 414 g/mol. The van der Waals surface area contributed by atoms with E-state index in [4.69, 9.17) is 0 Å². The van der Waals surface area contributed by atoms with E-state index in [1.165, 1.54) is 0 Å². The summed E-state index contributed by atoms with van der Waals surface area (Å²) in [6.07, 6.45) is -7.51. The Hall–Kier alpha value is -3.56. The first kappa shape index (κ1) is 22.7. The van der Waals surface area contributed by atoms with Crippen molar-refractivity contribution in [1.82, 2.24) is 0 Å². The third-order valence-electron chi connectivity index (χ3n) is 3.62. The SMILES string of the molecule is O=C(C=CNc1cccc(-c2ccccc2NC=CC(=O)C(F)(F)F)c1)C(F)(F)F. The number of carbonyl (C=O) groups excluding carboxylic acids is 2. The maximum absolute atomic E-state index is 12.3. The molecule has 0 aliphatic carbocycles. The fourth-order valence-electron chi connectivity index (χ4n) is 2.25. The van der Waals surface area contributed by atoms with E-state index in [1.807, 2.05) is 0 Å². The van der Waals surface area contributed by atoms with Gasteiger partial charge in [-0.25, -0.2) is 0 Å². The average molecular weight is 428 g/mol. The first-order valence-electron chi connectivity index (χ1n) is 8.26. The number of nitrogens with one attached hydrogen (secondary N) is 2. The molecule has 0 atom stereocenters. The lowest BCUT2D eigenvalue weighted by molar-refractivity contribution is -0.165. The number of halogens is 6. The van der Waals surface area contributed by atoms with Gasteiger partial charge < -0.3 is 10.6 Å². The first-order chi connectivity index (χ1) is 14.0. The highest BCUT2D eigenvalue weighted by Crippen LogP contribution is 2.30. The molecule has 0 saturated carbocycles.